The van der Waals surface area contributed by atoms with Gasteiger partial charge in [-0.1, -0.05) is 13.0 Å². The lowest BCUT2D eigenvalue weighted by Crippen LogP contribution is -2.43. The van der Waals surface area contributed by atoms with Crippen LogP contribution in [0.1, 0.15) is 43.2 Å². The zero-order chi connectivity index (χ0) is 21.6. The number of carbonyl (C=O) groups excluding carboxylic acids is 1. The van der Waals surface area contributed by atoms with Crippen LogP contribution in [0.5, 0.6) is 5.75 Å². The van der Waals surface area contributed by atoms with Gasteiger partial charge in [0.1, 0.15) is 17.5 Å². The normalized spacial score (nSPS) is 13.6. The zero-order valence-corrected chi connectivity index (χ0v) is 16.5. The summed E-state index contributed by atoms with van der Waals surface area (Å²) in [5.74, 6) is 0.137. The van der Waals surface area contributed by atoms with E-state index in [9.17, 15) is 23.1 Å². The molecule has 2 unspecified atom stereocenters. The summed E-state index contributed by atoms with van der Waals surface area (Å²) in [7, 11) is 1.47. The molecule has 2 aromatic heterocycles. The topological polar surface area (TPSA) is 75.6 Å². The molecule has 2 rings (SSSR count). The summed E-state index contributed by atoms with van der Waals surface area (Å²) in [5.41, 5.74) is -0.191. The number of halogens is 3. The second kappa shape index (κ2) is 9.69. The van der Waals surface area contributed by atoms with Gasteiger partial charge in [-0.2, -0.15) is 13.2 Å². The van der Waals surface area contributed by atoms with Crippen LogP contribution in [0.2, 0.25) is 0 Å². The predicted octanol–water partition coefficient (Wildman–Crippen LogP) is 3.41. The molecule has 0 fully saturated rings. The molecule has 2 aromatic rings. The van der Waals surface area contributed by atoms with Crippen LogP contribution in [0, 0.1) is 0 Å². The number of alkyl halides is 3. The van der Waals surface area contributed by atoms with Crippen molar-refractivity contribution in [1.82, 2.24) is 14.9 Å². The molecule has 0 bridgehead atoms. The van der Waals surface area contributed by atoms with Crippen LogP contribution in [-0.4, -0.2) is 45.6 Å². The largest absolute Gasteiger partial charge is 0.496 e. The number of ether oxygens (including phenoxy) is 1. The van der Waals surface area contributed by atoms with E-state index in [0.29, 0.717) is 29.8 Å². The zero-order valence-electron chi connectivity index (χ0n) is 16.5. The van der Waals surface area contributed by atoms with E-state index in [1.54, 1.807) is 13.0 Å². The Morgan fingerprint density at radius 3 is 2.55 bits per heavy atom. The maximum absolute atomic E-state index is 12.8. The van der Waals surface area contributed by atoms with E-state index in [2.05, 4.69) is 9.97 Å². The van der Waals surface area contributed by atoms with Crippen molar-refractivity contribution in [2.75, 3.05) is 13.7 Å². The molecule has 1 amide bonds. The van der Waals surface area contributed by atoms with E-state index in [1.165, 1.54) is 30.5 Å². The van der Waals surface area contributed by atoms with Crippen molar-refractivity contribution in [1.29, 1.82) is 0 Å². The predicted molar refractivity (Wildman–Crippen MR) is 100 cm³/mol. The van der Waals surface area contributed by atoms with Gasteiger partial charge in [0.25, 0.3) is 0 Å². The Bertz CT molecular complexity index is 813. The Kier molecular flexibility index (Phi) is 7.55. The van der Waals surface area contributed by atoms with E-state index in [0.717, 1.165) is 12.3 Å². The Labute approximate surface area is 167 Å². The minimum absolute atomic E-state index is 0.119. The molecular formula is C20H24F3N3O3. The first kappa shape index (κ1) is 22.6. The molecule has 9 heteroatoms. The quantitative estimate of drug-likeness (QED) is 0.721. The molecule has 2 atom stereocenters. The number of pyridine rings is 2. The van der Waals surface area contributed by atoms with Gasteiger partial charge < -0.3 is 14.7 Å². The molecule has 0 aliphatic rings. The molecule has 0 spiro atoms. The average Bonchev–Trinajstić information content (AvgIpc) is 2.70. The molecule has 1 N–H and O–H groups in total. The first-order valence-corrected chi connectivity index (χ1v) is 9.16. The molecule has 29 heavy (non-hydrogen) atoms. The number of carbonyl (C=O) groups is 1. The number of amides is 1. The minimum Gasteiger partial charge on any atom is -0.496 e. The average molecular weight is 411 g/mol. The first-order valence-electron chi connectivity index (χ1n) is 9.16. The highest BCUT2D eigenvalue weighted by molar-refractivity contribution is 5.79. The minimum atomic E-state index is -4.53. The van der Waals surface area contributed by atoms with Crippen molar-refractivity contribution >= 4 is 5.91 Å². The lowest BCUT2D eigenvalue weighted by molar-refractivity contribution is -0.141. The molecule has 0 saturated heterocycles. The number of nitrogens with zero attached hydrogens (tertiary/aromatic N) is 3. The first-order chi connectivity index (χ1) is 13.7. The van der Waals surface area contributed by atoms with Gasteiger partial charge in [0.15, 0.2) is 0 Å². The van der Waals surface area contributed by atoms with Crippen LogP contribution in [-0.2, 0) is 17.4 Å². The second-order valence-corrected chi connectivity index (χ2v) is 6.62. The smallest absolute Gasteiger partial charge is 0.433 e. The summed E-state index contributed by atoms with van der Waals surface area (Å²) in [6, 6.07) is 3.11. The highest BCUT2D eigenvalue weighted by Crippen LogP contribution is 2.29. The number of aliphatic hydroxyl groups excluding tert-OH is 1. The maximum atomic E-state index is 12.8. The van der Waals surface area contributed by atoms with Crippen molar-refractivity contribution in [3.8, 4) is 5.75 Å². The van der Waals surface area contributed by atoms with E-state index in [4.69, 9.17) is 4.74 Å². The van der Waals surface area contributed by atoms with Gasteiger partial charge in [-0.25, -0.2) is 0 Å². The summed E-state index contributed by atoms with van der Waals surface area (Å²) in [6.45, 7) is 3.98. The third-order valence-electron chi connectivity index (χ3n) is 4.55. The number of aromatic nitrogens is 2. The van der Waals surface area contributed by atoms with Crippen molar-refractivity contribution in [2.24, 2.45) is 0 Å². The van der Waals surface area contributed by atoms with Crippen molar-refractivity contribution in [3.63, 3.8) is 0 Å². The summed E-state index contributed by atoms with van der Waals surface area (Å²) in [4.78, 5) is 21.7. The van der Waals surface area contributed by atoms with E-state index in [1.807, 2.05) is 6.92 Å². The van der Waals surface area contributed by atoms with Gasteiger partial charge in [0, 0.05) is 30.7 Å². The van der Waals surface area contributed by atoms with E-state index < -0.39 is 24.0 Å². The standard InChI is InChI=1S/C20H24F3N3O3/c1-4-9-26(13(2)19(28)15-12-24-8-7-16(15)29-3)18(27)10-14-5-6-17(25-11-14)20(21,22)23/h5-8,11-13,19,28H,4,9-10H2,1-3H3. The van der Waals surface area contributed by atoms with Crippen LogP contribution in [0.15, 0.2) is 36.8 Å². The number of hydrogen-bond acceptors (Lipinski definition) is 5. The van der Waals surface area contributed by atoms with Crippen LogP contribution in [0.4, 0.5) is 13.2 Å². The van der Waals surface area contributed by atoms with Crippen molar-refractivity contribution in [2.45, 2.75) is 45.0 Å². The fourth-order valence-electron chi connectivity index (χ4n) is 3.00. The SMILES string of the molecule is CCCN(C(=O)Cc1ccc(C(F)(F)F)nc1)C(C)C(O)c1cnccc1OC. The molecule has 0 radical (unpaired) electrons. The fourth-order valence-corrected chi connectivity index (χ4v) is 3.00. The summed E-state index contributed by atoms with van der Waals surface area (Å²) < 4.78 is 43.2. The highest BCUT2D eigenvalue weighted by Gasteiger charge is 2.32. The molecular weight excluding hydrogens is 387 g/mol. The van der Waals surface area contributed by atoms with Gasteiger partial charge in [-0.3, -0.25) is 14.8 Å². The van der Waals surface area contributed by atoms with Crippen molar-refractivity contribution < 1.29 is 27.8 Å². The van der Waals surface area contributed by atoms with Gasteiger partial charge >= 0.3 is 6.18 Å². The number of rotatable bonds is 8. The second-order valence-electron chi connectivity index (χ2n) is 6.62. The van der Waals surface area contributed by atoms with Gasteiger partial charge in [-0.15, -0.1) is 0 Å². The highest BCUT2D eigenvalue weighted by atomic mass is 19.4. The van der Waals surface area contributed by atoms with Crippen LogP contribution in [0.3, 0.4) is 0 Å². The Hall–Kier alpha value is -2.68. The third kappa shape index (κ3) is 5.66. The number of hydrogen-bond donors (Lipinski definition) is 1. The van der Waals surface area contributed by atoms with Gasteiger partial charge in [0.05, 0.1) is 19.6 Å². The molecule has 0 saturated carbocycles. The molecule has 6 nitrogen and oxygen atoms in total. The number of aliphatic hydroxyl groups is 1. The third-order valence-corrected chi connectivity index (χ3v) is 4.55. The molecule has 158 valence electrons. The molecule has 2 heterocycles. The summed E-state index contributed by atoms with van der Waals surface area (Å²) >= 11 is 0. The van der Waals surface area contributed by atoms with Crippen LogP contribution in [0.25, 0.3) is 0 Å². The Morgan fingerprint density at radius 2 is 2.00 bits per heavy atom. The van der Waals surface area contributed by atoms with Crippen LogP contribution < -0.4 is 4.74 Å². The molecule has 0 aliphatic carbocycles. The van der Waals surface area contributed by atoms with Gasteiger partial charge in [0.2, 0.25) is 5.91 Å². The van der Waals surface area contributed by atoms with Crippen molar-refractivity contribution in [3.05, 3.63) is 53.6 Å². The van der Waals surface area contributed by atoms with Crippen LogP contribution >= 0.6 is 0 Å². The Morgan fingerprint density at radius 1 is 1.28 bits per heavy atom. The lowest BCUT2D eigenvalue weighted by atomic mass is 10.0. The number of methoxy groups -OCH3 is 1. The Balaban J connectivity index is 2.17. The fraction of sp³-hybridized carbons (Fsp3) is 0.450. The molecule has 0 aromatic carbocycles. The van der Waals surface area contributed by atoms with E-state index in [-0.39, 0.29) is 12.3 Å². The monoisotopic (exact) mass is 411 g/mol. The molecule has 0 aliphatic heterocycles. The summed E-state index contributed by atoms with van der Waals surface area (Å²) in [5, 5.41) is 10.8. The van der Waals surface area contributed by atoms with Gasteiger partial charge in [-0.05, 0) is 31.0 Å². The summed E-state index contributed by atoms with van der Waals surface area (Å²) in [6.07, 6.45) is -0.973. The maximum Gasteiger partial charge on any atom is 0.433 e. The van der Waals surface area contributed by atoms with E-state index >= 15 is 0 Å². The lowest BCUT2D eigenvalue weighted by Gasteiger charge is -2.33.